The first-order valence-electron chi connectivity index (χ1n) is 9.66. The molecule has 0 saturated carbocycles. The van der Waals surface area contributed by atoms with Gasteiger partial charge in [-0.25, -0.2) is 0 Å². The lowest BCUT2D eigenvalue weighted by molar-refractivity contribution is 0.0942. The number of carbonyl (C=O) groups excluding carboxylic acids is 2. The summed E-state index contributed by atoms with van der Waals surface area (Å²) in [5.74, 6) is -0.364. The van der Waals surface area contributed by atoms with Crippen LogP contribution >= 0.6 is 11.6 Å². The lowest BCUT2D eigenvalue weighted by Gasteiger charge is -2.20. The smallest absolute Gasteiger partial charge is 0.291 e. The molecule has 154 valence electrons. The number of nitrogens with one attached hydrogen (secondary N) is 2. The van der Waals surface area contributed by atoms with Crippen LogP contribution in [0.4, 0.5) is 5.69 Å². The summed E-state index contributed by atoms with van der Waals surface area (Å²) < 4.78 is 5.08. The predicted octanol–water partition coefficient (Wildman–Crippen LogP) is 5.70. The molecule has 1 aromatic heterocycles. The molecule has 4 rings (SSSR count). The van der Waals surface area contributed by atoms with Crippen LogP contribution in [-0.2, 0) is 0 Å². The SMILES string of the molecule is O=C(NC(c1ccccc1)c1ccc(Cl)cc1)c1ccc(NC(=O)c2ccco2)cc1. The zero-order valence-corrected chi connectivity index (χ0v) is 17.2. The van der Waals surface area contributed by atoms with Crippen molar-refractivity contribution in [2.24, 2.45) is 0 Å². The van der Waals surface area contributed by atoms with Gasteiger partial charge in [-0.1, -0.05) is 54.1 Å². The van der Waals surface area contributed by atoms with Gasteiger partial charge in [0.2, 0.25) is 0 Å². The zero-order chi connectivity index (χ0) is 21.6. The fourth-order valence-electron chi connectivity index (χ4n) is 3.18. The second kappa shape index (κ2) is 9.32. The maximum atomic E-state index is 12.9. The molecule has 1 atom stereocenters. The predicted molar refractivity (Wildman–Crippen MR) is 120 cm³/mol. The topological polar surface area (TPSA) is 71.3 Å². The first-order valence-corrected chi connectivity index (χ1v) is 10.0. The fourth-order valence-corrected chi connectivity index (χ4v) is 3.31. The number of hydrogen-bond donors (Lipinski definition) is 2. The van der Waals surface area contributed by atoms with E-state index in [-0.39, 0.29) is 23.6 Å². The molecule has 0 saturated heterocycles. The second-order valence-electron chi connectivity index (χ2n) is 6.88. The van der Waals surface area contributed by atoms with Gasteiger partial charge in [0.15, 0.2) is 5.76 Å². The maximum absolute atomic E-state index is 12.9. The lowest BCUT2D eigenvalue weighted by atomic mass is 9.98. The van der Waals surface area contributed by atoms with Crippen molar-refractivity contribution in [1.29, 1.82) is 0 Å². The molecule has 0 fully saturated rings. The van der Waals surface area contributed by atoms with Crippen molar-refractivity contribution in [3.8, 4) is 0 Å². The Morgan fingerprint density at radius 1 is 0.742 bits per heavy atom. The van der Waals surface area contributed by atoms with Crippen LogP contribution in [0.25, 0.3) is 0 Å². The van der Waals surface area contributed by atoms with Gasteiger partial charge in [0.1, 0.15) is 0 Å². The molecular formula is C25H19ClN2O3. The Labute approximate surface area is 184 Å². The van der Waals surface area contributed by atoms with Crippen molar-refractivity contribution < 1.29 is 14.0 Å². The minimum absolute atomic E-state index is 0.218. The molecule has 0 bridgehead atoms. The average molecular weight is 431 g/mol. The molecule has 1 heterocycles. The molecule has 4 aromatic rings. The van der Waals surface area contributed by atoms with E-state index >= 15 is 0 Å². The van der Waals surface area contributed by atoms with Gasteiger partial charge in [-0.3, -0.25) is 9.59 Å². The van der Waals surface area contributed by atoms with Crippen LogP contribution in [0.15, 0.2) is 102 Å². The first kappa shape index (κ1) is 20.4. The number of halogens is 1. The Morgan fingerprint density at radius 2 is 1.42 bits per heavy atom. The zero-order valence-electron chi connectivity index (χ0n) is 16.4. The van der Waals surface area contributed by atoms with Crippen molar-refractivity contribution >= 4 is 29.1 Å². The molecule has 0 spiro atoms. The molecule has 0 aliphatic carbocycles. The molecule has 0 aliphatic heterocycles. The number of benzene rings is 3. The van der Waals surface area contributed by atoms with Gasteiger partial charge < -0.3 is 15.1 Å². The highest BCUT2D eigenvalue weighted by Crippen LogP contribution is 2.24. The van der Waals surface area contributed by atoms with Crippen molar-refractivity contribution in [2.75, 3.05) is 5.32 Å². The number of hydrogen-bond acceptors (Lipinski definition) is 3. The third-order valence-electron chi connectivity index (χ3n) is 4.76. The minimum atomic E-state index is -0.353. The van der Waals surface area contributed by atoms with E-state index in [2.05, 4.69) is 10.6 Å². The molecule has 5 nitrogen and oxygen atoms in total. The molecule has 31 heavy (non-hydrogen) atoms. The minimum Gasteiger partial charge on any atom is -0.459 e. The number of amides is 2. The highest BCUT2D eigenvalue weighted by Gasteiger charge is 2.18. The van der Waals surface area contributed by atoms with Crippen LogP contribution < -0.4 is 10.6 Å². The third kappa shape index (κ3) is 5.02. The molecule has 2 amide bonds. The highest BCUT2D eigenvalue weighted by atomic mass is 35.5. The normalized spacial score (nSPS) is 11.5. The van der Waals surface area contributed by atoms with Crippen LogP contribution in [-0.4, -0.2) is 11.8 Å². The number of rotatable bonds is 6. The molecule has 2 N–H and O–H groups in total. The first-order chi connectivity index (χ1) is 15.1. The highest BCUT2D eigenvalue weighted by molar-refractivity contribution is 6.30. The van der Waals surface area contributed by atoms with Gasteiger partial charge >= 0.3 is 0 Å². The van der Waals surface area contributed by atoms with Crippen LogP contribution in [0.2, 0.25) is 5.02 Å². The Balaban J connectivity index is 1.50. The van der Waals surface area contributed by atoms with Gasteiger partial charge in [-0.2, -0.15) is 0 Å². The summed E-state index contributed by atoms with van der Waals surface area (Å²) in [5.41, 5.74) is 2.92. The Kier molecular flexibility index (Phi) is 6.15. The molecule has 3 aromatic carbocycles. The van der Waals surface area contributed by atoms with Gasteiger partial charge in [0.25, 0.3) is 11.8 Å². The number of anilines is 1. The van der Waals surface area contributed by atoms with Crippen molar-refractivity contribution in [3.63, 3.8) is 0 Å². The van der Waals surface area contributed by atoms with E-state index in [0.717, 1.165) is 11.1 Å². The molecule has 1 unspecified atom stereocenters. The van der Waals surface area contributed by atoms with E-state index in [9.17, 15) is 9.59 Å². The molecule has 6 heteroatoms. The van der Waals surface area contributed by atoms with Crippen molar-refractivity contribution in [3.05, 3.63) is 125 Å². The van der Waals surface area contributed by atoms with Crippen LogP contribution in [0.1, 0.15) is 38.1 Å². The Morgan fingerprint density at radius 3 is 2.06 bits per heavy atom. The summed E-state index contributed by atoms with van der Waals surface area (Å²) in [6.45, 7) is 0. The van der Waals surface area contributed by atoms with Crippen LogP contribution in [0.5, 0.6) is 0 Å². The van der Waals surface area contributed by atoms with E-state index < -0.39 is 0 Å². The van der Waals surface area contributed by atoms with Crippen LogP contribution in [0.3, 0.4) is 0 Å². The molecular weight excluding hydrogens is 412 g/mol. The van der Waals surface area contributed by atoms with Gasteiger partial charge in [0, 0.05) is 16.3 Å². The van der Waals surface area contributed by atoms with E-state index in [0.29, 0.717) is 16.3 Å². The quantitative estimate of drug-likeness (QED) is 0.412. The summed E-state index contributed by atoms with van der Waals surface area (Å²) in [5, 5.41) is 6.45. The van der Waals surface area contributed by atoms with Crippen molar-refractivity contribution in [2.45, 2.75) is 6.04 Å². The van der Waals surface area contributed by atoms with E-state index in [1.165, 1.54) is 6.26 Å². The summed E-state index contributed by atoms with van der Waals surface area (Å²) in [4.78, 5) is 25.0. The monoisotopic (exact) mass is 430 g/mol. The van der Waals surface area contributed by atoms with E-state index in [1.54, 1.807) is 48.5 Å². The van der Waals surface area contributed by atoms with Crippen LogP contribution in [0, 0.1) is 0 Å². The molecule has 0 aliphatic rings. The average Bonchev–Trinajstić information content (AvgIpc) is 3.34. The van der Waals surface area contributed by atoms with E-state index in [4.69, 9.17) is 16.0 Å². The summed E-state index contributed by atoms with van der Waals surface area (Å²) in [6, 6.07) is 26.7. The van der Waals surface area contributed by atoms with Gasteiger partial charge in [-0.15, -0.1) is 0 Å². The van der Waals surface area contributed by atoms with Crippen molar-refractivity contribution in [1.82, 2.24) is 5.32 Å². The van der Waals surface area contributed by atoms with Gasteiger partial charge in [0.05, 0.1) is 12.3 Å². The fraction of sp³-hybridized carbons (Fsp3) is 0.0400. The number of carbonyl (C=O) groups is 2. The Hall–Kier alpha value is -3.83. The standard InChI is InChI=1S/C25H19ClN2O3/c26-20-12-8-18(9-13-20)23(17-5-2-1-3-6-17)28-24(29)19-10-14-21(15-11-19)27-25(30)22-7-4-16-31-22/h1-16,23H,(H,27,30)(H,28,29). The summed E-state index contributed by atoms with van der Waals surface area (Å²) in [6.07, 6.45) is 1.44. The number of furan rings is 1. The lowest BCUT2D eigenvalue weighted by Crippen LogP contribution is -2.29. The van der Waals surface area contributed by atoms with Gasteiger partial charge in [-0.05, 0) is 59.7 Å². The van der Waals surface area contributed by atoms with E-state index in [1.807, 2.05) is 42.5 Å². The summed E-state index contributed by atoms with van der Waals surface area (Å²) in [7, 11) is 0. The maximum Gasteiger partial charge on any atom is 0.291 e. The summed E-state index contributed by atoms with van der Waals surface area (Å²) >= 11 is 6.02. The molecule has 0 radical (unpaired) electrons. The second-order valence-corrected chi connectivity index (χ2v) is 7.31. The Bertz CT molecular complexity index is 1160. The third-order valence-corrected chi connectivity index (χ3v) is 5.01. The largest absolute Gasteiger partial charge is 0.459 e.